The molecule has 0 aromatic heterocycles. The molecule has 1 rings (SSSR count). The maximum Gasteiger partial charge on any atom is 0.0638 e. The molecule has 84 valence electrons. The lowest BCUT2D eigenvalue weighted by Crippen LogP contribution is -2.48. The summed E-state index contributed by atoms with van der Waals surface area (Å²) in [7, 11) is 0. The Hall–Kier alpha value is -0.0100. The standard InChI is InChI=1S/C9H17N3.2ClH/c1-2-9(3-4-10)12-7-5-11-6-8-12;;/h9,11H,2-3,5-8H2,1H3;2*1H. The van der Waals surface area contributed by atoms with Crippen molar-refractivity contribution in [2.24, 2.45) is 0 Å². The summed E-state index contributed by atoms with van der Waals surface area (Å²) in [4.78, 5) is 2.42. The fourth-order valence-corrected chi connectivity index (χ4v) is 1.68. The second-order valence-corrected chi connectivity index (χ2v) is 3.21. The third-order valence-corrected chi connectivity index (χ3v) is 2.47. The molecule has 1 fully saturated rings. The molecule has 0 bridgehead atoms. The molecule has 3 nitrogen and oxygen atoms in total. The van der Waals surface area contributed by atoms with E-state index in [0.717, 1.165) is 32.6 Å². The fourth-order valence-electron chi connectivity index (χ4n) is 1.68. The Balaban J connectivity index is 0. The molecule has 1 atom stereocenters. The molecule has 1 aliphatic rings. The van der Waals surface area contributed by atoms with E-state index in [0.29, 0.717) is 12.5 Å². The highest BCUT2D eigenvalue weighted by molar-refractivity contribution is 5.85. The lowest BCUT2D eigenvalue weighted by molar-refractivity contribution is 0.170. The molecule has 1 N–H and O–H groups in total. The first-order valence-electron chi connectivity index (χ1n) is 4.70. The van der Waals surface area contributed by atoms with E-state index >= 15 is 0 Å². The van der Waals surface area contributed by atoms with E-state index in [1.54, 1.807) is 0 Å². The summed E-state index contributed by atoms with van der Waals surface area (Å²) in [6, 6.07) is 2.74. The number of rotatable bonds is 3. The highest BCUT2D eigenvalue weighted by Crippen LogP contribution is 2.08. The Bertz CT molecular complexity index is 164. The average Bonchev–Trinajstić information content (AvgIpc) is 2.15. The smallest absolute Gasteiger partial charge is 0.0638 e. The first-order valence-corrected chi connectivity index (χ1v) is 4.70. The summed E-state index contributed by atoms with van der Waals surface area (Å²) in [5.41, 5.74) is 0. The van der Waals surface area contributed by atoms with E-state index in [2.05, 4.69) is 23.2 Å². The van der Waals surface area contributed by atoms with Gasteiger partial charge in [0.2, 0.25) is 0 Å². The number of nitrogens with one attached hydrogen (secondary N) is 1. The lowest BCUT2D eigenvalue weighted by Gasteiger charge is -2.33. The molecular weight excluding hydrogens is 221 g/mol. The van der Waals surface area contributed by atoms with Gasteiger partial charge in [-0.1, -0.05) is 6.92 Å². The van der Waals surface area contributed by atoms with Crippen molar-refractivity contribution in [3.8, 4) is 6.07 Å². The monoisotopic (exact) mass is 239 g/mol. The van der Waals surface area contributed by atoms with Crippen LogP contribution in [0.4, 0.5) is 0 Å². The van der Waals surface area contributed by atoms with Gasteiger partial charge in [0.1, 0.15) is 0 Å². The molecule has 1 saturated heterocycles. The summed E-state index contributed by atoms with van der Waals surface area (Å²) in [5, 5.41) is 11.9. The summed E-state index contributed by atoms with van der Waals surface area (Å²) < 4.78 is 0. The lowest BCUT2D eigenvalue weighted by atomic mass is 10.1. The van der Waals surface area contributed by atoms with Crippen molar-refractivity contribution in [3.05, 3.63) is 0 Å². The molecule has 0 aliphatic carbocycles. The van der Waals surface area contributed by atoms with E-state index in [1.165, 1.54) is 0 Å². The van der Waals surface area contributed by atoms with Crippen LogP contribution >= 0.6 is 24.8 Å². The van der Waals surface area contributed by atoms with Crippen LogP contribution < -0.4 is 5.32 Å². The highest BCUT2D eigenvalue weighted by Gasteiger charge is 2.17. The van der Waals surface area contributed by atoms with Gasteiger partial charge in [0.05, 0.1) is 12.5 Å². The van der Waals surface area contributed by atoms with Crippen LogP contribution in [0, 0.1) is 11.3 Å². The summed E-state index contributed by atoms with van der Waals surface area (Å²) in [6.45, 7) is 6.49. The van der Waals surface area contributed by atoms with Crippen LogP contribution in [0.15, 0.2) is 0 Å². The number of halogens is 2. The van der Waals surface area contributed by atoms with Crippen LogP contribution in [0.2, 0.25) is 0 Å². The predicted octanol–water partition coefficient (Wildman–Crippen LogP) is 1.43. The van der Waals surface area contributed by atoms with E-state index in [9.17, 15) is 0 Å². The van der Waals surface area contributed by atoms with Crippen molar-refractivity contribution in [2.75, 3.05) is 26.2 Å². The zero-order valence-corrected chi connectivity index (χ0v) is 10.2. The fraction of sp³-hybridized carbons (Fsp3) is 0.889. The van der Waals surface area contributed by atoms with Gasteiger partial charge in [-0.3, -0.25) is 4.90 Å². The Morgan fingerprint density at radius 1 is 1.36 bits per heavy atom. The Morgan fingerprint density at radius 2 is 1.93 bits per heavy atom. The molecule has 0 amide bonds. The number of hydrogen-bond donors (Lipinski definition) is 1. The van der Waals surface area contributed by atoms with Crippen molar-refractivity contribution in [1.29, 1.82) is 5.26 Å². The number of hydrogen-bond acceptors (Lipinski definition) is 3. The molecule has 0 aromatic carbocycles. The van der Waals surface area contributed by atoms with Gasteiger partial charge in [0.25, 0.3) is 0 Å². The number of nitrogens with zero attached hydrogens (tertiary/aromatic N) is 2. The van der Waals surface area contributed by atoms with E-state index < -0.39 is 0 Å². The molecule has 0 aromatic rings. The van der Waals surface area contributed by atoms with Crippen LogP contribution in [0.5, 0.6) is 0 Å². The van der Waals surface area contributed by atoms with Gasteiger partial charge >= 0.3 is 0 Å². The summed E-state index contributed by atoms with van der Waals surface area (Å²) >= 11 is 0. The zero-order valence-electron chi connectivity index (χ0n) is 8.53. The molecule has 5 heteroatoms. The van der Waals surface area contributed by atoms with Crippen LogP contribution in [0.1, 0.15) is 19.8 Å². The molecule has 14 heavy (non-hydrogen) atoms. The first kappa shape index (κ1) is 16.4. The third kappa shape index (κ3) is 5.02. The van der Waals surface area contributed by atoms with Crippen LogP contribution in [0.25, 0.3) is 0 Å². The van der Waals surface area contributed by atoms with E-state index in [4.69, 9.17) is 5.26 Å². The van der Waals surface area contributed by atoms with Crippen molar-refractivity contribution in [1.82, 2.24) is 10.2 Å². The van der Waals surface area contributed by atoms with Gasteiger partial charge in [0, 0.05) is 32.2 Å². The molecular formula is C9H19Cl2N3. The van der Waals surface area contributed by atoms with Crippen LogP contribution in [-0.2, 0) is 0 Å². The van der Waals surface area contributed by atoms with Crippen molar-refractivity contribution >= 4 is 24.8 Å². The van der Waals surface area contributed by atoms with E-state index in [-0.39, 0.29) is 24.8 Å². The van der Waals surface area contributed by atoms with Gasteiger partial charge in [-0.15, -0.1) is 24.8 Å². The normalized spacial score (nSPS) is 18.6. The minimum atomic E-state index is 0. The van der Waals surface area contributed by atoms with Gasteiger partial charge in [-0.25, -0.2) is 0 Å². The average molecular weight is 240 g/mol. The van der Waals surface area contributed by atoms with Crippen LogP contribution in [0.3, 0.4) is 0 Å². The van der Waals surface area contributed by atoms with Gasteiger partial charge in [0.15, 0.2) is 0 Å². The number of nitriles is 1. The molecule has 1 unspecified atom stereocenters. The highest BCUT2D eigenvalue weighted by atomic mass is 35.5. The topological polar surface area (TPSA) is 39.1 Å². The Morgan fingerprint density at radius 3 is 2.36 bits per heavy atom. The Kier molecular flexibility index (Phi) is 11.2. The molecule has 0 radical (unpaired) electrons. The van der Waals surface area contributed by atoms with Crippen molar-refractivity contribution < 1.29 is 0 Å². The first-order chi connectivity index (χ1) is 5.88. The van der Waals surface area contributed by atoms with Gasteiger partial charge < -0.3 is 5.32 Å². The predicted molar refractivity (Wildman–Crippen MR) is 63.2 cm³/mol. The van der Waals surface area contributed by atoms with Gasteiger partial charge in [-0.2, -0.15) is 5.26 Å². The molecule has 0 spiro atoms. The minimum Gasteiger partial charge on any atom is -0.314 e. The van der Waals surface area contributed by atoms with Gasteiger partial charge in [-0.05, 0) is 6.42 Å². The molecule has 1 heterocycles. The second-order valence-electron chi connectivity index (χ2n) is 3.21. The maximum atomic E-state index is 8.61. The Labute approximate surface area is 98.7 Å². The van der Waals surface area contributed by atoms with Crippen molar-refractivity contribution in [2.45, 2.75) is 25.8 Å². The minimum absolute atomic E-state index is 0. The summed E-state index contributed by atoms with van der Waals surface area (Å²) in [5.74, 6) is 0. The molecule has 1 aliphatic heterocycles. The molecule has 0 saturated carbocycles. The van der Waals surface area contributed by atoms with Crippen molar-refractivity contribution in [3.63, 3.8) is 0 Å². The van der Waals surface area contributed by atoms with E-state index in [1.807, 2.05) is 0 Å². The summed E-state index contributed by atoms with van der Waals surface area (Å²) in [6.07, 6.45) is 1.77. The van der Waals surface area contributed by atoms with Crippen LogP contribution in [-0.4, -0.2) is 37.1 Å². The SMILES string of the molecule is CCC(CC#N)N1CCNCC1.Cl.Cl. The second kappa shape index (κ2) is 9.54. The quantitative estimate of drug-likeness (QED) is 0.811. The number of piperazine rings is 1. The third-order valence-electron chi connectivity index (χ3n) is 2.47. The zero-order chi connectivity index (χ0) is 8.81. The maximum absolute atomic E-state index is 8.61. The largest absolute Gasteiger partial charge is 0.314 e.